The second-order valence-electron chi connectivity index (χ2n) is 7.01. The van der Waals surface area contributed by atoms with Gasteiger partial charge in [0.2, 0.25) is 11.5 Å². The van der Waals surface area contributed by atoms with Crippen LogP contribution in [0.4, 0.5) is 0 Å². The van der Waals surface area contributed by atoms with Crippen molar-refractivity contribution in [3.63, 3.8) is 0 Å². The van der Waals surface area contributed by atoms with Gasteiger partial charge >= 0.3 is 5.97 Å². The Kier molecular flexibility index (Phi) is 7.18. The minimum Gasteiger partial charge on any atom is -0.493 e. The van der Waals surface area contributed by atoms with Crippen molar-refractivity contribution in [2.24, 2.45) is 0 Å². The quantitative estimate of drug-likeness (QED) is 0.388. The third kappa shape index (κ3) is 4.82. The topological polar surface area (TPSA) is 86.9 Å². The maximum Gasteiger partial charge on any atom is 0.306 e. The third-order valence-corrected chi connectivity index (χ3v) is 5.19. The standard InChI is InChI=1S/C24H27NO6/c1-5-16-7-6-8-17-18(13-25-23(16)17)19(26)14-31-22(27)10-9-15-11-20(28-2)24(30-4)21(12-15)29-3/h6-8,11-13,25H,5,9-10,14H2,1-4H3. The van der Waals surface area contributed by atoms with Crippen molar-refractivity contribution >= 4 is 22.7 Å². The van der Waals surface area contributed by atoms with Crippen molar-refractivity contribution in [1.82, 2.24) is 4.98 Å². The SMILES string of the molecule is CCc1cccc2c(C(=O)COC(=O)CCc3cc(OC)c(OC)c(OC)c3)c[nH]c12. The average molecular weight is 425 g/mol. The van der Waals surface area contributed by atoms with Crippen molar-refractivity contribution in [2.45, 2.75) is 26.2 Å². The number of Topliss-reactive ketones (excluding diaryl/α,β-unsaturated/α-hetero) is 1. The highest BCUT2D eigenvalue weighted by Gasteiger charge is 2.17. The van der Waals surface area contributed by atoms with Gasteiger partial charge in [0.05, 0.1) is 21.3 Å². The molecule has 0 fully saturated rings. The average Bonchev–Trinajstić information content (AvgIpc) is 3.24. The van der Waals surface area contributed by atoms with Crippen molar-refractivity contribution in [3.8, 4) is 17.2 Å². The van der Waals surface area contributed by atoms with Crippen LogP contribution in [0.2, 0.25) is 0 Å². The number of rotatable bonds is 10. The number of hydrogen-bond acceptors (Lipinski definition) is 6. The normalized spacial score (nSPS) is 10.7. The molecule has 0 aliphatic carbocycles. The van der Waals surface area contributed by atoms with Gasteiger partial charge in [-0.15, -0.1) is 0 Å². The van der Waals surface area contributed by atoms with Crippen LogP contribution in [-0.4, -0.2) is 44.7 Å². The van der Waals surface area contributed by atoms with E-state index in [2.05, 4.69) is 11.9 Å². The molecular weight excluding hydrogens is 398 g/mol. The van der Waals surface area contributed by atoms with Gasteiger partial charge in [0, 0.05) is 29.1 Å². The Morgan fingerprint density at radius 1 is 1.00 bits per heavy atom. The van der Waals surface area contributed by atoms with E-state index in [1.807, 2.05) is 18.2 Å². The molecule has 0 saturated carbocycles. The molecule has 1 heterocycles. The summed E-state index contributed by atoms with van der Waals surface area (Å²) in [6, 6.07) is 9.42. The van der Waals surface area contributed by atoms with Crippen LogP contribution in [0, 0.1) is 0 Å². The van der Waals surface area contributed by atoms with E-state index in [9.17, 15) is 9.59 Å². The Balaban J connectivity index is 1.60. The molecular formula is C24H27NO6. The lowest BCUT2D eigenvalue weighted by molar-refractivity contribution is -0.142. The zero-order valence-electron chi connectivity index (χ0n) is 18.2. The fraction of sp³-hybridized carbons (Fsp3) is 0.333. The molecule has 164 valence electrons. The number of esters is 1. The van der Waals surface area contributed by atoms with E-state index in [0.29, 0.717) is 29.2 Å². The molecule has 0 amide bonds. The number of fused-ring (bicyclic) bond motifs is 1. The smallest absolute Gasteiger partial charge is 0.306 e. The first-order chi connectivity index (χ1) is 15.0. The van der Waals surface area contributed by atoms with E-state index < -0.39 is 5.97 Å². The second-order valence-corrected chi connectivity index (χ2v) is 7.01. The zero-order valence-corrected chi connectivity index (χ0v) is 18.2. The van der Waals surface area contributed by atoms with E-state index >= 15 is 0 Å². The van der Waals surface area contributed by atoms with Gasteiger partial charge in [-0.3, -0.25) is 9.59 Å². The first-order valence-corrected chi connectivity index (χ1v) is 10.1. The maximum atomic E-state index is 12.6. The molecule has 0 aliphatic heterocycles. The van der Waals surface area contributed by atoms with Crippen LogP contribution in [0.5, 0.6) is 17.2 Å². The van der Waals surface area contributed by atoms with E-state index in [1.54, 1.807) is 18.3 Å². The Labute approximate surface area is 181 Å². The van der Waals surface area contributed by atoms with Gasteiger partial charge in [0.25, 0.3) is 0 Å². The molecule has 7 heteroatoms. The third-order valence-electron chi connectivity index (χ3n) is 5.19. The van der Waals surface area contributed by atoms with Gasteiger partial charge in [-0.1, -0.05) is 25.1 Å². The number of aromatic amines is 1. The number of hydrogen-bond donors (Lipinski definition) is 1. The molecule has 0 radical (unpaired) electrons. The van der Waals surface area contributed by atoms with E-state index in [0.717, 1.165) is 28.5 Å². The van der Waals surface area contributed by atoms with Crippen molar-refractivity contribution in [2.75, 3.05) is 27.9 Å². The van der Waals surface area contributed by atoms with Gasteiger partial charge < -0.3 is 23.9 Å². The Hall–Kier alpha value is -3.48. The maximum absolute atomic E-state index is 12.6. The Morgan fingerprint density at radius 2 is 1.71 bits per heavy atom. The summed E-state index contributed by atoms with van der Waals surface area (Å²) in [7, 11) is 4.61. The first kappa shape index (κ1) is 22.2. The molecule has 3 aromatic rings. The number of methoxy groups -OCH3 is 3. The number of benzene rings is 2. The lowest BCUT2D eigenvalue weighted by Crippen LogP contribution is -2.14. The summed E-state index contributed by atoms with van der Waals surface area (Å²) in [5, 5.41) is 0.845. The Morgan fingerprint density at radius 3 is 2.32 bits per heavy atom. The number of H-pyrrole nitrogens is 1. The van der Waals surface area contributed by atoms with E-state index in [-0.39, 0.29) is 18.8 Å². The highest BCUT2D eigenvalue weighted by Crippen LogP contribution is 2.38. The van der Waals surface area contributed by atoms with Crippen LogP contribution in [0.15, 0.2) is 36.5 Å². The summed E-state index contributed by atoms with van der Waals surface area (Å²) in [6.07, 6.45) is 3.08. The Bertz CT molecular complexity index is 1060. The molecule has 3 rings (SSSR count). The van der Waals surface area contributed by atoms with E-state index in [4.69, 9.17) is 18.9 Å². The molecule has 0 unspecified atom stereocenters. The lowest BCUT2D eigenvalue weighted by atomic mass is 10.1. The molecule has 0 spiro atoms. The minimum absolute atomic E-state index is 0.125. The van der Waals surface area contributed by atoms with Crippen LogP contribution < -0.4 is 14.2 Å². The van der Waals surface area contributed by atoms with Crippen LogP contribution in [-0.2, 0) is 22.4 Å². The molecule has 0 bridgehead atoms. The van der Waals surface area contributed by atoms with Crippen LogP contribution in [0.25, 0.3) is 10.9 Å². The summed E-state index contributed by atoms with van der Waals surface area (Å²) >= 11 is 0. The van der Waals surface area contributed by atoms with Gasteiger partial charge in [0.1, 0.15) is 0 Å². The summed E-state index contributed by atoms with van der Waals surface area (Å²) < 4.78 is 21.2. The molecule has 0 saturated heterocycles. The number of aryl methyl sites for hydroxylation is 2. The summed E-state index contributed by atoms with van der Waals surface area (Å²) in [4.78, 5) is 28.0. The van der Waals surface area contributed by atoms with E-state index in [1.165, 1.54) is 21.3 Å². The molecule has 2 aromatic carbocycles. The van der Waals surface area contributed by atoms with Crippen molar-refractivity contribution < 1.29 is 28.5 Å². The van der Waals surface area contributed by atoms with Crippen LogP contribution in [0.1, 0.15) is 34.8 Å². The van der Waals surface area contributed by atoms with Gasteiger partial charge in [0.15, 0.2) is 18.1 Å². The number of ether oxygens (including phenoxy) is 4. The van der Waals surface area contributed by atoms with Crippen molar-refractivity contribution in [3.05, 3.63) is 53.2 Å². The predicted molar refractivity (Wildman–Crippen MR) is 117 cm³/mol. The summed E-state index contributed by atoms with van der Waals surface area (Å²) in [5.74, 6) is 0.848. The van der Waals surface area contributed by atoms with Crippen LogP contribution in [0.3, 0.4) is 0 Å². The monoisotopic (exact) mass is 425 g/mol. The molecule has 0 atom stereocenters. The number of para-hydroxylation sites is 1. The van der Waals surface area contributed by atoms with Crippen molar-refractivity contribution in [1.29, 1.82) is 0 Å². The highest BCUT2D eigenvalue weighted by molar-refractivity contribution is 6.09. The zero-order chi connectivity index (χ0) is 22.4. The highest BCUT2D eigenvalue weighted by atomic mass is 16.5. The molecule has 1 N–H and O–H groups in total. The largest absolute Gasteiger partial charge is 0.493 e. The molecule has 1 aromatic heterocycles. The fourth-order valence-corrected chi connectivity index (χ4v) is 3.56. The summed E-state index contributed by atoms with van der Waals surface area (Å²) in [6.45, 7) is 1.77. The van der Waals surface area contributed by atoms with Gasteiger partial charge in [-0.2, -0.15) is 0 Å². The molecule has 7 nitrogen and oxygen atoms in total. The lowest BCUT2D eigenvalue weighted by Gasteiger charge is -2.14. The summed E-state index contributed by atoms with van der Waals surface area (Å²) in [5.41, 5.74) is 3.45. The van der Waals surface area contributed by atoms with Gasteiger partial charge in [-0.25, -0.2) is 0 Å². The molecule has 31 heavy (non-hydrogen) atoms. The predicted octanol–water partition coefficient (Wildman–Crippen LogP) is 4.11. The fourth-order valence-electron chi connectivity index (χ4n) is 3.56. The molecule has 0 aliphatic rings. The van der Waals surface area contributed by atoms with Crippen LogP contribution >= 0.6 is 0 Å². The number of nitrogens with one attached hydrogen (secondary N) is 1. The number of carbonyl (C=O) groups is 2. The number of ketones is 1. The number of aromatic nitrogens is 1. The number of carbonyl (C=O) groups excluding carboxylic acids is 2. The first-order valence-electron chi connectivity index (χ1n) is 10.1. The minimum atomic E-state index is -0.448. The van der Waals surface area contributed by atoms with Gasteiger partial charge in [-0.05, 0) is 36.1 Å². The second kappa shape index (κ2) is 10.0.